The second kappa shape index (κ2) is 5.45. The molecule has 3 nitrogen and oxygen atoms in total. The zero-order chi connectivity index (χ0) is 13.2. The number of aromatic nitrogens is 3. The fraction of sp³-hybridized carbons (Fsp3) is 0.467. The van der Waals surface area contributed by atoms with Crippen molar-refractivity contribution in [1.29, 1.82) is 0 Å². The Morgan fingerprint density at radius 3 is 2.74 bits per heavy atom. The number of H-pyrrole nitrogens is 1. The van der Waals surface area contributed by atoms with E-state index in [9.17, 15) is 0 Å². The summed E-state index contributed by atoms with van der Waals surface area (Å²) in [5.74, 6) is 2.47. The first-order valence-electron chi connectivity index (χ1n) is 6.93. The third kappa shape index (κ3) is 2.73. The SMILES string of the molecule is Cc1cc(Br)ccc1-c1n[nH]c(C2CCCCC2)n1. The summed E-state index contributed by atoms with van der Waals surface area (Å²) in [6, 6.07) is 6.22. The highest BCUT2D eigenvalue weighted by molar-refractivity contribution is 9.10. The van der Waals surface area contributed by atoms with Gasteiger partial charge in [-0.15, -0.1) is 0 Å². The first kappa shape index (κ1) is 12.9. The largest absolute Gasteiger partial charge is 0.262 e. The van der Waals surface area contributed by atoms with E-state index in [1.165, 1.54) is 37.7 Å². The number of aromatic amines is 1. The van der Waals surface area contributed by atoms with E-state index in [2.05, 4.69) is 45.2 Å². The molecule has 0 unspecified atom stereocenters. The molecule has 0 bridgehead atoms. The molecule has 0 saturated heterocycles. The third-order valence-electron chi connectivity index (χ3n) is 3.92. The van der Waals surface area contributed by atoms with Crippen molar-refractivity contribution in [2.45, 2.75) is 44.9 Å². The van der Waals surface area contributed by atoms with Crippen LogP contribution in [-0.4, -0.2) is 15.2 Å². The summed E-state index contributed by atoms with van der Waals surface area (Å²) in [7, 11) is 0. The van der Waals surface area contributed by atoms with Crippen LogP contribution in [0, 0.1) is 6.92 Å². The minimum absolute atomic E-state index is 0.575. The molecule has 0 amide bonds. The Bertz CT molecular complexity index is 571. The van der Waals surface area contributed by atoms with Gasteiger partial charge in [0.05, 0.1) is 0 Å². The van der Waals surface area contributed by atoms with Gasteiger partial charge in [-0.1, -0.05) is 35.2 Å². The predicted octanol–water partition coefficient (Wildman–Crippen LogP) is 4.59. The fourth-order valence-corrected chi connectivity index (χ4v) is 3.31. The van der Waals surface area contributed by atoms with Crippen LogP contribution in [0.2, 0.25) is 0 Å². The molecule has 3 rings (SSSR count). The fourth-order valence-electron chi connectivity index (χ4n) is 2.83. The zero-order valence-corrected chi connectivity index (χ0v) is 12.7. The molecule has 100 valence electrons. The van der Waals surface area contributed by atoms with Crippen LogP contribution in [0.1, 0.15) is 49.4 Å². The van der Waals surface area contributed by atoms with Crippen molar-refractivity contribution < 1.29 is 0 Å². The number of halogens is 1. The van der Waals surface area contributed by atoms with E-state index in [4.69, 9.17) is 4.98 Å². The normalized spacial score (nSPS) is 16.7. The average Bonchev–Trinajstić information content (AvgIpc) is 2.89. The van der Waals surface area contributed by atoms with E-state index in [-0.39, 0.29) is 0 Å². The Morgan fingerprint density at radius 1 is 1.21 bits per heavy atom. The van der Waals surface area contributed by atoms with Gasteiger partial charge in [-0.3, -0.25) is 5.10 Å². The van der Waals surface area contributed by atoms with Crippen molar-refractivity contribution in [3.63, 3.8) is 0 Å². The van der Waals surface area contributed by atoms with Crippen LogP contribution in [0.5, 0.6) is 0 Å². The summed E-state index contributed by atoms with van der Waals surface area (Å²) in [4.78, 5) is 4.71. The molecule has 19 heavy (non-hydrogen) atoms. The van der Waals surface area contributed by atoms with Gasteiger partial charge in [-0.25, -0.2) is 4.98 Å². The van der Waals surface area contributed by atoms with Crippen molar-refractivity contribution >= 4 is 15.9 Å². The van der Waals surface area contributed by atoms with Crippen LogP contribution >= 0.6 is 15.9 Å². The van der Waals surface area contributed by atoms with Gasteiger partial charge in [-0.2, -0.15) is 5.10 Å². The second-order valence-electron chi connectivity index (χ2n) is 5.34. The van der Waals surface area contributed by atoms with Crippen molar-refractivity contribution in [2.24, 2.45) is 0 Å². The Kier molecular flexibility index (Phi) is 3.69. The number of rotatable bonds is 2. The molecule has 4 heteroatoms. The lowest BCUT2D eigenvalue weighted by molar-refractivity contribution is 0.429. The number of benzene rings is 1. The monoisotopic (exact) mass is 319 g/mol. The Labute approximate surface area is 122 Å². The molecule has 0 atom stereocenters. The number of nitrogens with one attached hydrogen (secondary N) is 1. The summed E-state index contributed by atoms with van der Waals surface area (Å²) in [5.41, 5.74) is 2.31. The van der Waals surface area contributed by atoms with Crippen LogP contribution in [0.25, 0.3) is 11.4 Å². The molecular formula is C15H18BrN3. The molecule has 2 aromatic rings. The highest BCUT2D eigenvalue weighted by Gasteiger charge is 2.19. The number of aryl methyl sites for hydroxylation is 1. The van der Waals surface area contributed by atoms with E-state index in [1.54, 1.807) is 0 Å². The zero-order valence-electron chi connectivity index (χ0n) is 11.1. The van der Waals surface area contributed by atoms with E-state index < -0.39 is 0 Å². The molecule has 1 aliphatic rings. The molecule has 1 saturated carbocycles. The summed E-state index contributed by atoms with van der Waals surface area (Å²) < 4.78 is 1.09. The van der Waals surface area contributed by atoms with Gasteiger partial charge in [-0.05, 0) is 43.5 Å². The summed E-state index contributed by atoms with van der Waals surface area (Å²) in [6.45, 7) is 2.09. The van der Waals surface area contributed by atoms with Gasteiger partial charge in [0.1, 0.15) is 5.82 Å². The van der Waals surface area contributed by atoms with Gasteiger partial charge >= 0.3 is 0 Å². The first-order valence-corrected chi connectivity index (χ1v) is 7.72. The maximum atomic E-state index is 4.71. The molecule has 1 aromatic carbocycles. The Hall–Kier alpha value is -1.16. The van der Waals surface area contributed by atoms with Crippen LogP contribution < -0.4 is 0 Å². The summed E-state index contributed by atoms with van der Waals surface area (Å²) in [6.07, 6.45) is 6.49. The minimum Gasteiger partial charge on any atom is -0.262 e. The van der Waals surface area contributed by atoms with Gasteiger partial charge in [0, 0.05) is 16.0 Å². The van der Waals surface area contributed by atoms with Crippen molar-refractivity contribution in [3.05, 3.63) is 34.1 Å². The van der Waals surface area contributed by atoms with E-state index >= 15 is 0 Å². The molecule has 1 N–H and O–H groups in total. The van der Waals surface area contributed by atoms with Crippen molar-refractivity contribution in [2.75, 3.05) is 0 Å². The number of nitrogens with zero attached hydrogens (tertiary/aromatic N) is 2. The molecule has 1 aliphatic carbocycles. The molecule has 1 aromatic heterocycles. The first-order chi connectivity index (χ1) is 9.24. The lowest BCUT2D eigenvalue weighted by Crippen LogP contribution is -2.06. The molecule has 0 radical (unpaired) electrons. The Morgan fingerprint density at radius 2 is 2.00 bits per heavy atom. The number of hydrogen-bond donors (Lipinski definition) is 1. The second-order valence-corrected chi connectivity index (χ2v) is 6.25. The minimum atomic E-state index is 0.575. The van der Waals surface area contributed by atoms with Gasteiger partial charge < -0.3 is 0 Å². The molecule has 1 heterocycles. The smallest absolute Gasteiger partial charge is 0.181 e. The van der Waals surface area contributed by atoms with Gasteiger partial charge in [0.25, 0.3) is 0 Å². The van der Waals surface area contributed by atoms with Crippen LogP contribution in [0.15, 0.2) is 22.7 Å². The quantitative estimate of drug-likeness (QED) is 0.879. The summed E-state index contributed by atoms with van der Waals surface area (Å²) in [5, 5.41) is 7.54. The van der Waals surface area contributed by atoms with Crippen molar-refractivity contribution in [3.8, 4) is 11.4 Å². The molecular weight excluding hydrogens is 302 g/mol. The maximum Gasteiger partial charge on any atom is 0.181 e. The van der Waals surface area contributed by atoms with Gasteiger partial charge in [0.2, 0.25) is 0 Å². The molecule has 1 fully saturated rings. The van der Waals surface area contributed by atoms with E-state index in [0.29, 0.717) is 5.92 Å². The van der Waals surface area contributed by atoms with Crippen molar-refractivity contribution in [1.82, 2.24) is 15.2 Å². The van der Waals surface area contributed by atoms with Gasteiger partial charge in [0.15, 0.2) is 5.82 Å². The van der Waals surface area contributed by atoms with E-state index in [1.807, 2.05) is 6.07 Å². The average molecular weight is 320 g/mol. The van der Waals surface area contributed by atoms with Crippen LogP contribution in [0.4, 0.5) is 0 Å². The highest BCUT2D eigenvalue weighted by atomic mass is 79.9. The summed E-state index contributed by atoms with van der Waals surface area (Å²) >= 11 is 3.49. The van der Waals surface area contributed by atoms with Crippen LogP contribution in [-0.2, 0) is 0 Å². The lowest BCUT2D eigenvalue weighted by atomic mass is 9.89. The number of hydrogen-bond acceptors (Lipinski definition) is 2. The molecule has 0 aliphatic heterocycles. The standard InChI is InChI=1S/C15H18BrN3/c1-10-9-12(16)7-8-13(10)15-17-14(18-19-15)11-5-3-2-4-6-11/h7-9,11H,2-6H2,1H3,(H,17,18,19). The topological polar surface area (TPSA) is 41.6 Å². The molecule has 0 spiro atoms. The Balaban J connectivity index is 1.87. The third-order valence-corrected chi connectivity index (χ3v) is 4.42. The maximum absolute atomic E-state index is 4.71. The lowest BCUT2D eigenvalue weighted by Gasteiger charge is -2.18. The van der Waals surface area contributed by atoms with Crippen LogP contribution in [0.3, 0.4) is 0 Å². The van der Waals surface area contributed by atoms with E-state index in [0.717, 1.165) is 21.7 Å². The highest BCUT2D eigenvalue weighted by Crippen LogP contribution is 2.32. The predicted molar refractivity (Wildman–Crippen MR) is 80.1 cm³/mol.